The van der Waals surface area contributed by atoms with Crippen molar-refractivity contribution in [3.63, 3.8) is 0 Å². The van der Waals surface area contributed by atoms with E-state index in [2.05, 4.69) is 27.1 Å². The summed E-state index contributed by atoms with van der Waals surface area (Å²) < 4.78 is 0. The van der Waals surface area contributed by atoms with E-state index in [1.807, 2.05) is 31.2 Å². The van der Waals surface area contributed by atoms with E-state index >= 15 is 0 Å². The zero-order chi connectivity index (χ0) is 15.5. The van der Waals surface area contributed by atoms with Crippen LogP contribution in [0.3, 0.4) is 0 Å². The summed E-state index contributed by atoms with van der Waals surface area (Å²) in [5, 5.41) is 4.10. The van der Waals surface area contributed by atoms with Crippen LogP contribution in [0.15, 0.2) is 30.6 Å². The lowest BCUT2D eigenvalue weighted by Gasteiger charge is -2.31. The average Bonchev–Trinajstić information content (AvgIpc) is 2.52. The smallest absolute Gasteiger partial charge is 0.135 e. The van der Waals surface area contributed by atoms with Crippen LogP contribution in [-0.4, -0.2) is 23.1 Å². The van der Waals surface area contributed by atoms with Crippen LogP contribution in [0.2, 0.25) is 5.02 Å². The van der Waals surface area contributed by atoms with Crippen LogP contribution < -0.4 is 10.2 Å². The Labute approximate surface area is 136 Å². The van der Waals surface area contributed by atoms with Crippen LogP contribution >= 0.6 is 11.6 Å². The lowest BCUT2D eigenvalue weighted by molar-refractivity contribution is 0.444. The highest BCUT2D eigenvalue weighted by Crippen LogP contribution is 2.27. The molecule has 0 radical (unpaired) electrons. The summed E-state index contributed by atoms with van der Waals surface area (Å²) in [6.45, 7) is 6.42. The molecular weight excluding hydrogens is 296 g/mol. The second-order valence-electron chi connectivity index (χ2n) is 5.99. The summed E-state index contributed by atoms with van der Waals surface area (Å²) in [6, 6.07) is 7.85. The van der Waals surface area contributed by atoms with Crippen LogP contribution in [0.5, 0.6) is 0 Å². The maximum absolute atomic E-state index is 6.17. The third-order valence-corrected chi connectivity index (χ3v) is 4.57. The molecule has 1 aliphatic heterocycles. The minimum Gasteiger partial charge on any atom is -0.356 e. The molecule has 1 N–H and O–H groups in total. The first-order valence-electron chi connectivity index (χ1n) is 7.72. The Morgan fingerprint density at radius 1 is 1.32 bits per heavy atom. The van der Waals surface area contributed by atoms with Gasteiger partial charge < -0.3 is 10.2 Å². The van der Waals surface area contributed by atoms with Crippen molar-refractivity contribution < 1.29 is 0 Å². The fourth-order valence-corrected chi connectivity index (χ4v) is 3.04. The average molecular weight is 317 g/mol. The van der Waals surface area contributed by atoms with Gasteiger partial charge in [0.1, 0.15) is 18.0 Å². The Morgan fingerprint density at radius 2 is 2.18 bits per heavy atom. The van der Waals surface area contributed by atoms with Crippen LogP contribution in [0, 0.1) is 12.8 Å². The van der Waals surface area contributed by atoms with Crippen molar-refractivity contribution in [1.82, 2.24) is 9.97 Å². The van der Waals surface area contributed by atoms with Gasteiger partial charge in [-0.1, -0.05) is 24.6 Å². The highest BCUT2D eigenvalue weighted by Gasteiger charge is 2.18. The molecule has 4 nitrogen and oxygen atoms in total. The van der Waals surface area contributed by atoms with Crippen molar-refractivity contribution in [2.24, 2.45) is 5.92 Å². The predicted octanol–water partition coefficient (Wildman–Crippen LogP) is 4.42. The molecule has 2 heterocycles. The third kappa shape index (κ3) is 3.33. The van der Waals surface area contributed by atoms with Crippen molar-refractivity contribution in [2.45, 2.75) is 26.7 Å². The van der Waals surface area contributed by atoms with Gasteiger partial charge in [-0.2, -0.15) is 0 Å². The Hall–Kier alpha value is -1.81. The van der Waals surface area contributed by atoms with Crippen molar-refractivity contribution in [3.05, 3.63) is 41.2 Å². The lowest BCUT2D eigenvalue weighted by atomic mass is 10.0. The van der Waals surface area contributed by atoms with Gasteiger partial charge in [0.05, 0.1) is 0 Å². The number of benzene rings is 1. The summed E-state index contributed by atoms with van der Waals surface area (Å²) in [4.78, 5) is 11.1. The quantitative estimate of drug-likeness (QED) is 0.910. The maximum Gasteiger partial charge on any atom is 0.135 e. The van der Waals surface area contributed by atoms with Crippen LogP contribution in [-0.2, 0) is 0 Å². The second-order valence-corrected chi connectivity index (χ2v) is 6.40. The summed E-state index contributed by atoms with van der Waals surface area (Å²) >= 11 is 6.17. The number of anilines is 3. The molecule has 0 bridgehead atoms. The first kappa shape index (κ1) is 15.1. The monoisotopic (exact) mass is 316 g/mol. The minimum absolute atomic E-state index is 0.718. The SMILES string of the molecule is Cc1c(Cl)cccc1Nc1cc(N2CCCC(C)C2)ncn1. The number of rotatable bonds is 3. The van der Waals surface area contributed by atoms with E-state index in [0.717, 1.165) is 46.9 Å². The van der Waals surface area contributed by atoms with E-state index in [9.17, 15) is 0 Å². The summed E-state index contributed by atoms with van der Waals surface area (Å²) in [5.74, 6) is 2.51. The molecule has 0 saturated carbocycles. The molecule has 1 fully saturated rings. The molecule has 0 aliphatic carbocycles. The second kappa shape index (κ2) is 6.53. The number of hydrogen-bond acceptors (Lipinski definition) is 4. The lowest BCUT2D eigenvalue weighted by Crippen LogP contribution is -2.34. The summed E-state index contributed by atoms with van der Waals surface area (Å²) in [7, 11) is 0. The van der Waals surface area contributed by atoms with Crippen LogP contribution in [0.4, 0.5) is 17.3 Å². The zero-order valence-electron chi connectivity index (χ0n) is 13.0. The van der Waals surface area contributed by atoms with Crippen LogP contribution in [0.1, 0.15) is 25.3 Å². The number of nitrogens with zero attached hydrogens (tertiary/aromatic N) is 3. The fraction of sp³-hybridized carbons (Fsp3) is 0.412. The van der Waals surface area contributed by atoms with Crippen molar-refractivity contribution in [2.75, 3.05) is 23.3 Å². The Kier molecular flexibility index (Phi) is 4.48. The molecule has 5 heteroatoms. The molecule has 0 spiro atoms. The number of aromatic nitrogens is 2. The Balaban J connectivity index is 1.80. The Bertz CT molecular complexity index is 659. The van der Waals surface area contributed by atoms with Gasteiger partial charge >= 0.3 is 0 Å². The largest absolute Gasteiger partial charge is 0.356 e. The molecule has 1 saturated heterocycles. The minimum atomic E-state index is 0.718. The standard InChI is InChI=1S/C17H21ClN4/c1-12-5-4-8-22(10-12)17-9-16(19-11-20-17)21-15-7-3-6-14(18)13(15)2/h3,6-7,9,11-12H,4-5,8,10H2,1-2H3,(H,19,20,21). The van der Waals surface area contributed by atoms with E-state index in [1.54, 1.807) is 6.33 Å². The number of hydrogen-bond donors (Lipinski definition) is 1. The normalized spacial score (nSPS) is 18.3. The molecule has 0 amide bonds. The summed E-state index contributed by atoms with van der Waals surface area (Å²) in [5.41, 5.74) is 2.00. The molecule has 116 valence electrons. The molecule has 1 atom stereocenters. The van der Waals surface area contributed by atoms with Crippen molar-refractivity contribution in [3.8, 4) is 0 Å². The zero-order valence-corrected chi connectivity index (χ0v) is 13.8. The molecule has 1 aromatic carbocycles. The molecule has 1 aliphatic rings. The maximum atomic E-state index is 6.17. The van der Waals surface area contributed by atoms with Gasteiger partial charge in [0, 0.05) is 29.9 Å². The molecule has 2 aromatic rings. The highest BCUT2D eigenvalue weighted by molar-refractivity contribution is 6.31. The molecule has 1 unspecified atom stereocenters. The molecular formula is C17H21ClN4. The molecule has 3 rings (SSSR count). The molecule has 1 aromatic heterocycles. The van der Waals surface area contributed by atoms with E-state index in [1.165, 1.54) is 12.8 Å². The number of halogens is 1. The van der Waals surface area contributed by atoms with Gasteiger partial charge in [-0.05, 0) is 43.4 Å². The van der Waals surface area contributed by atoms with Crippen molar-refractivity contribution in [1.29, 1.82) is 0 Å². The third-order valence-electron chi connectivity index (χ3n) is 4.16. The van der Waals surface area contributed by atoms with E-state index in [-0.39, 0.29) is 0 Å². The first-order chi connectivity index (χ1) is 10.6. The van der Waals surface area contributed by atoms with Gasteiger partial charge in [-0.3, -0.25) is 0 Å². The number of piperidine rings is 1. The topological polar surface area (TPSA) is 41.0 Å². The summed E-state index contributed by atoms with van der Waals surface area (Å²) in [6.07, 6.45) is 4.15. The van der Waals surface area contributed by atoms with Gasteiger partial charge in [0.15, 0.2) is 0 Å². The first-order valence-corrected chi connectivity index (χ1v) is 8.10. The van der Waals surface area contributed by atoms with Crippen molar-refractivity contribution >= 4 is 28.9 Å². The van der Waals surface area contributed by atoms with E-state index in [0.29, 0.717) is 0 Å². The molecule has 22 heavy (non-hydrogen) atoms. The Morgan fingerprint density at radius 3 is 3.00 bits per heavy atom. The fourth-order valence-electron chi connectivity index (χ4n) is 2.87. The predicted molar refractivity (Wildman–Crippen MR) is 92.1 cm³/mol. The van der Waals surface area contributed by atoms with E-state index < -0.39 is 0 Å². The van der Waals surface area contributed by atoms with Gasteiger partial charge in [0.25, 0.3) is 0 Å². The van der Waals surface area contributed by atoms with Gasteiger partial charge in [-0.15, -0.1) is 0 Å². The van der Waals surface area contributed by atoms with E-state index in [4.69, 9.17) is 11.6 Å². The van der Waals surface area contributed by atoms with Gasteiger partial charge in [-0.25, -0.2) is 9.97 Å². The number of nitrogens with one attached hydrogen (secondary N) is 1. The van der Waals surface area contributed by atoms with Gasteiger partial charge in [0.2, 0.25) is 0 Å². The highest BCUT2D eigenvalue weighted by atomic mass is 35.5. The van der Waals surface area contributed by atoms with Crippen LogP contribution in [0.25, 0.3) is 0 Å².